The van der Waals surface area contributed by atoms with E-state index < -0.39 is 0 Å². The van der Waals surface area contributed by atoms with Crippen molar-refractivity contribution in [3.8, 4) is 11.5 Å². The monoisotopic (exact) mass is 375 g/mol. The summed E-state index contributed by atoms with van der Waals surface area (Å²) in [6, 6.07) is 9.53. The van der Waals surface area contributed by atoms with E-state index in [0.717, 1.165) is 5.56 Å². The Morgan fingerprint density at radius 3 is 2.46 bits per heavy atom. The van der Waals surface area contributed by atoms with Gasteiger partial charge in [-0.2, -0.15) is 0 Å². The summed E-state index contributed by atoms with van der Waals surface area (Å²) < 4.78 is 11.1. The lowest BCUT2D eigenvalue weighted by molar-refractivity contribution is 0.0784. The summed E-state index contributed by atoms with van der Waals surface area (Å²) in [4.78, 5) is 14.5. The third kappa shape index (κ3) is 4.70. The van der Waals surface area contributed by atoms with Gasteiger partial charge in [0.1, 0.15) is 0 Å². The second-order valence-electron chi connectivity index (χ2n) is 6.75. The van der Waals surface area contributed by atoms with Crippen molar-refractivity contribution in [2.24, 2.45) is 0 Å². The molecular weight excluding hydrogens is 350 g/mol. The average molecular weight is 376 g/mol. The fourth-order valence-electron chi connectivity index (χ4n) is 2.76. The smallest absolute Gasteiger partial charge is 0.254 e. The topological polar surface area (TPSA) is 38.8 Å². The highest BCUT2D eigenvalue weighted by Crippen LogP contribution is 2.37. The minimum atomic E-state index is -0.124. The van der Waals surface area contributed by atoms with Gasteiger partial charge in [0.25, 0.3) is 5.91 Å². The Hall–Kier alpha value is -2.20. The van der Waals surface area contributed by atoms with Crippen LogP contribution in [0.4, 0.5) is 0 Å². The number of hydrogen-bond donors (Lipinski definition) is 0. The SMILES string of the molecule is COc1cc(C(=O)N(C)Cc2ccc(C)cc2C)cc(Cl)c1OC(C)C. The van der Waals surface area contributed by atoms with Crippen LogP contribution in [-0.4, -0.2) is 31.1 Å². The Kier molecular flexibility index (Phi) is 6.54. The van der Waals surface area contributed by atoms with Gasteiger partial charge in [-0.1, -0.05) is 35.4 Å². The van der Waals surface area contributed by atoms with E-state index in [1.54, 1.807) is 24.1 Å². The van der Waals surface area contributed by atoms with Crippen molar-refractivity contribution in [1.29, 1.82) is 0 Å². The summed E-state index contributed by atoms with van der Waals surface area (Å²) in [7, 11) is 3.31. The molecule has 0 bridgehead atoms. The zero-order chi connectivity index (χ0) is 19.4. The molecule has 0 radical (unpaired) electrons. The van der Waals surface area contributed by atoms with Crippen LogP contribution in [0.2, 0.25) is 5.02 Å². The first-order valence-electron chi connectivity index (χ1n) is 8.58. The Bertz CT molecular complexity index is 802. The molecule has 5 heteroatoms. The van der Waals surface area contributed by atoms with E-state index in [2.05, 4.69) is 32.0 Å². The van der Waals surface area contributed by atoms with E-state index in [0.29, 0.717) is 28.6 Å². The predicted molar refractivity (Wildman–Crippen MR) is 105 cm³/mol. The van der Waals surface area contributed by atoms with E-state index in [9.17, 15) is 4.79 Å². The lowest BCUT2D eigenvalue weighted by Crippen LogP contribution is -2.26. The van der Waals surface area contributed by atoms with E-state index in [-0.39, 0.29) is 12.0 Å². The maximum Gasteiger partial charge on any atom is 0.254 e. The highest BCUT2D eigenvalue weighted by molar-refractivity contribution is 6.32. The van der Waals surface area contributed by atoms with Gasteiger partial charge in [0.15, 0.2) is 11.5 Å². The fraction of sp³-hybridized carbons (Fsp3) is 0.381. The second kappa shape index (κ2) is 8.45. The van der Waals surface area contributed by atoms with Gasteiger partial charge in [-0.25, -0.2) is 0 Å². The van der Waals surface area contributed by atoms with Gasteiger partial charge in [-0.15, -0.1) is 0 Å². The largest absolute Gasteiger partial charge is 0.493 e. The number of carbonyl (C=O) groups is 1. The zero-order valence-electron chi connectivity index (χ0n) is 16.2. The van der Waals surface area contributed by atoms with E-state index in [1.165, 1.54) is 18.2 Å². The van der Waals surface area contributed by atoms with Crippen LogP contribution >= 0.6 is 11.6 Å². The van der Waals surface area contributed by atoms with Crippen molar-refractivity contribution in [2.75, 3.05) is 14.2 Å². The number of amides is 1. The molecule has 0 saturated carbocycles. The summed E-state index contributed by atoms with van der Waals surface area (Å²) in [5, 5.41) is 0.362. The van der Waals surface area contributed by atoms with Crippen LogP contribution in [0.5, 0.6) is 11.5 Å². The lowest BCUT2D eigenvalue weighted by Gasteiger charge is -2.21. The zero-order valence-corrected chi connectivity index (χ0v) is 17.0. The third-order valence-corrected chi connectivity index (χ3v) is 4.36. The fourth-order valence-corrected chi connectivity index (χ4v) is 3.02. The molecule has 0 heterocycles. The number of benzene rings is 2. The molecule has 0 aliphatic heterocycles. The minimum Gasteiger partial charge on any atom is -0.493 e. The Balaban J connectivity index is 2.26. The molecule has 0 aliphatic rings. The number of rotatable bonds is 6. The van der Waals surface area contributed by atoms with Crippen molar-refractivity contribution < 1.29 is 14.3 Å². The predicted octanol–water partition coefficient (Wildman–Crippen LogP) is 5.02. The first kappa shape index (κ1) is 20.1. The second-order valence-corrected chi connectivity index (χ2v) is 7.15. The molecular formula is C21H26ClNO3. The maximum atomic E-state index is 12.9. The Morgan fingerprint density at radius 2 is 1.88 bits per heavy atom. The molecule has 0 spiro atoms. The summed E-state index contributed by atoms with van der Waals surface area (Å²) >= 11 is 6.33. The number of hydrogen-bond acceptors (Lipinski definition) is 3. The van der Waals surface area contributed by atoms with Crippen LogP contribution in [0.1, 0.15) is 40.9 Å². The first-order valence-corrected chi connectivity index (χ1v) is 8.96. The summed E-state index contributed by atoms with van der Waals surface area (Å²) in [6.07, 6.45) is -0.0462. The van der Waals surface area contributed by atoms with Crippen LogP contribution in [0.15, 0.2) is 30.3 Å². The van der Waals surface area contributed by atoms with Gasteiger partial charge < -0.3 is 14.4 Å². The average Bonchev–Trinajstić information content (AvgIpc) is 2.57. The van der Waals surface area contributed by atoms with E-state index in [1.807, 2.05) is 13.8 Å². The van der Waals surface area contributed by atoms with Crippen LogP contribution in [0.3, 0.4) is 0 Å². The van der Waals surface area contributed by atoms with Crippen molar-refractivity contribution in [3.05, 3.63) is 57.6 Å². The van der Waals surface area contributed by atoms with Crippen LogP contribution in [-0.2, 0) is 6.54 Å². The summed E-state index contributed by atoms with van der Waals surface area (Å²) in [5.74, 6) is 0.786. The van der Waals surface area contributed by atoms with Crippen molar-refractivity contribution in [1.82, 2.24) is 4.90 Å². The van der Waals surface area contributed by atoms with Crippen LogP contribution < -0.4 is 9.47 Å². The molecule has 1 amide bonds. The molecule has 0 fully saturated rings. The molecule has 26 heavy (non-hydrogen) atoms. The van der Waals surface area contributed by atoms with Gasteiger partial charge in [0.05, 0.1) is 18.2 Å². The Labute approximate surface area is 160 Å². The highest BCUT2D eigenvalue weighted by Gasteiger charge is 2.19. The molecule has 2 aromatic rings. The third-order valence-electron chi connectivity index (χ3n) is 4.08. The van der Waals surface area contributed by atoms with Gasteiger partial charge >= 0.3 is 0 Å². The van der Waals surface area contributed by atoms with Crippen LogP contribution in [0, 0.1) is 13.8 Å². The number of nitrogens with zero attached hydrogens (tertiary/aromatic N) is 1. The van der Waals surface area contributed by atoms with Gasteiger partial charge in [-0.05, 0) is 51.0 Å². The molecule has 0 saturated heterocycles. The molecule has 0 N–H and O–H groups in total. The molecule has 4 nitrogen and oxygen atoms in total. The number of halogens is 1. The van der Waals surface area contributed by atoms with Crippen molar-refractivity contribution >= 4 is 17.5 Å². The van der Waals surface area contributed by atoms with Crippen molar-refractivity contribution in [2.45, 2.75) is 40.3 Å². The molecule has 0 atom stereocenters. The molecule has 0 unspecified atom stereocenters. The molecule has 0 aliphatic carbocycles. The van der Waals surface area contributed by atoms with Crippen molar-refractivity contribution in [3.63, 3.8) is 0 Å². The Morgan fingerprint density at radius 1 is 1.19 bits per heavy atom. The van der Waals surface area contributed by atoms with Gasteiger partial charge in [-0.3, -0.25) is 4.79 Å². The molecule has 140 valence electrons. The van der Waals surface area contributed by atoms with Gasteiger partial charge in [0, 0.05) is 19.2 Å². The molecule has 2 rings (SSSR count). The molecule has 0 aromatic heterocycles. The van der Waals surface area contributed by atoms with Gasteiger partial charge in [0.2, 0.25) is 0 Å². The normalized spacial score (nSPS) is 10.8. The minimum absolute atomic E-state index is 0.0462. The number of ether oxygens (including phenoxy) is 2. The van der Waals surface area contributed by atoms with Crippen LogP contribution in [0.25, 0.3) is 0 Å². The maximum absolute atomic E-state index is 12.9. The number of carbonyl (C=O) groups excluding carboxylic acids is 1. The summed E-state index contributed by atoms with van der Waals surface area (Å²) in [5.41, 5.74) is 3.96. The quantitative estimate of drug-likeness (QED) is 0.711. The highest BCUT2D eigenvalue weighted by atomic mass is 35.5. The lowest BCUT2D eigenvalue weighted by atomic mass is 10.1. The first-order chi connectivity index (χ1) is 12.2. The van der Waals surface area contributed by atoms with E-state index >= 15 is 0 Å². The number of aryl methyl sites for hydroxylation is 2. The van der Waals surface area contributed by atoms with E-state index in [4.69, 9.17) is 21.1 Å². The number of methoxy groups -OCH3 is 1. The molecule has 2 aromatic carbocycles. The summed E-state index contributed by atoms with van der Waals surface area (Å²) in [6.45, 7) is 8.45. The standard InChI is InChI=1S/C21H26ClNO3/c1-13(2)26-20-18(22)10-17(11-19(20)25-6)21(24)23(5)12-16-8-7-14(3)9-15(16)4/h7-11,13H,12H2,1-6H3.